The molecule has 1 atom stereocenters. The summed E-state index contributed by atoms with van der Waals surface area (Å²) in [6.45, 7) is 11.4. The van der Waals surface area contributed by atoms with Crippen LogP contribution in [0, 0.1) is 5.82 Å². The fourth-order valence-corrected chi connectivity index (χ4v) is 6.45. The number of nitrogens with zero attached hydrogens (tertiary/aromatic N) is 3. The van der Waals surface area contributed by atoms with Gasteiger partial charge >= 0.3 is 5.97 Å². The van der Waals surface area contributed by atoms with Gasteiger partial charge in [0.05, 0.1) is 29.7 Å². The van der Waals surface area contributed by atoms with Crippen molar-refractivity contribution in [3.8, 4) is 0 Å². The Hall–Kier alpha value is -2.53. The summed E-state index contributed by atoms with van der Waals surface area (Å²) in [6, 6.07) is 8.36. The number of methoxy groups -OCH3 is 1. The van der Waals surface area contributed by atoms with Crippen molar-refractivity contribution >= 4 is 58.5 Å². The minimum absolute atomic E-state index is 0.000237. The molecule has 0 N–H and O–H groups in total. The van der Waals surface area contributed by atoms with Gasteiger partial charge in [0.2, 0.25) is 0 Å². The number of hydrogen-bond donors (Lipinski definition) is 0. The van der Waals surface area contributed by atoms with Crippen LogP contribution < -0.4 is 0 Å². The van der Waals surface area contributed by atoms with Crippen LogP contribution in [0.2, 0.25) is 30.7 Å². The van der Waals surface area contributed by atoms with Crippen molar-refractivity contribution in [2.24, 2.45) is 0 Å². The fourth-order valence-electron chi connectivity index (χ4n) is 4.84. The van der Waals surface area contributed by atoms with E-state index in [1.165, 1.54) is 24.1 Å². The van der Waals surface area contributed by atoms with E-state index in [1.54, 1.807) is 12.1 Å². The summed E-state index contributed by atoms with van der Waals surface area (Å²) < 4.78 is 27.9. The van der Waals surface area contributed by atoms with Gasteiger partial charge in [-0.2, -0.15) is 0 Å². The van der Waals surface area contributed by atoms with Gasteiger partial charge in [-0.05, 0) is 46.2 Å². The van der Waals surface area contributed by atoms with Crippen LogP contribution in [0.15, 0.2) is 47.6 Å². The Morgan fingerprint density at radius 1 is 1.29 bits per heavy atom. The molecule has 11 heteroatoms. The second kappa shape index (κ2) is 10.9. The third kappa shape index (κ3) is 5.19. The molecule has 0 saturated carbocycles. The number of hydrogen-bond acceptors (Lipinski definition) is 5. The highest BCUT2D eigenvalue weighted by molar-refractivity contribution is 9.10. The van der Waals surface area contributed by atoms with Crippen molar-refractivity contribution in [3.05, 3.63) is 75.3 Å². The first-order valence-corrected chi connectivity index (χ1v) is 17.0. The standard InChI is InChI=1S/C27H30BrClFN3O4Si/c1-6-9-27(26(35)36-2)20-8-7-17(30)12-19(20)25(34)33(27)15-18-13-22-24(21(29)14-23(28)31-22)32(18)16-37-10-11-38(3,4)5/h6-8,12-14H,1,9-11,15-16H2,2-5H3/t27-/m0/s1. The maximum atomic E-state index is 14.2. The maximum Gasteiger partial charge on any atom is 0.336 e. The number of amides is 1. The summed E-state index contributed by atoms with van der Waals surface area (Å²) in [6.07, 6.45) is 1.64. The van der Waals surface area contributed by atoms with Crippen LogP contribution >= 0.6 is 27.5 Å². The van der Waals surface area contributed by atoms with Crippen molar-refractivity contribution in [2.75, 3.05) is 13.7 Å². The number of rotatable bonds is 10. The summed E-state index contributed by atoms with van der Waals surface area (Å²) in [5.41, 5.74) is 0.901. The van der Waals surface area contributed by atoms with Crippen molar-refractivity contribution in [3.63, 3.8) is 0 Å². The van der Waals surface area contributed by atoms with Crippen LogP contribution in [-0.2, 0) is 33.1 Å². The van der Waals surface area contributed by atoms with Gasteiger partial charge in [-0.3, -0.25) is 4.79 Å². The molecule has 3 heterocycles. The molecular formula is C27H30BrClFN3O4Si. The molecule has 1 aromatic carbocycles. The van der Waals surface area contributed by atoms with Crippen LogP contribution in [-0.4, -0.2) is 48.1 Å². The van der Waals surface area contributed by atoms with E-state index in [-0.39, 0.29) is 25.3 Å². The monoisotopic (exact) mass is 621 g/mol. The first kappa shape index (κ1) is 28.5. The van der Waals surface area contributed by atoms with Gasteiger partial charge in [0.15, 0.2) is 5.54 Å². The molecule has 1 aliphatic rings. The molecule has 4 rings (SSSR count). The molecule has 0 radical (unpaired) electrons. The Labute approximate surface area is 235 Å². The predicted octanol–water partition coefficient (Wildman–Crippen LogP) is 6.50. The van der Waals surface area contributed by atoms with E-state index in [0.29, 0.717) is 38.5 Å². The second-order valence-corrected chi connectivity index (χ2v) is 17.3. The number of ether oxygens (including phenoxy) is 2. The third-order valence-electron chi connectivity index (χ3n) is 6.73. The van der Waals surface area contributed by atoms with Gasteiger partial charge in [0.1, 0.15) is 17.2 Å². The van der Waals surface area contributed by atoms with Crippen LogP contribution in [0.5, 0.6) is 0 Å². The summed E-state index contributed by atoms with van der Waals surface area (Å²) in [5, 5.41) is 0.463. The van der Waals surface area contributed by atoms with Gasteiger partial charge in [0, 0.05) is 37.9 Å². The van der Waals surface area contributed by atoms with E-state index in [0.717, 1.165) is 12.1 Å². The third-order valence-corrected chi connectivity index (χ3v) is 9.12. The van der Waals surface area contributed by atoms with Crippen molar-refractivity contribution in [1.29, 1.82) is 0 Å². The summed E-state index contributed by atoms with van der Waals surface area (Å²) in [7, 11) is -0.0470. The number of benzene rings is 1. The first-order chi connectivity index (χ1) is 17.9. The number of aromatic nitrogens is 2. The van der Waals surface area contributed by atoms with Gasteiger partial charge in [0.25, 0.3) is 5.91 Å². The topological polar surface area (TPSA) is 73.7 Å². The number of carbonyl (C=O) groups excluding carboxylic acids is 2. The number of halogens is 3. The zero-order valence-electron chi connectivity index (χ0n) is 21.8. The van der Waals surface area contributed by atoms with Crippen LogP contribution in [0.4, 0.5) is 4.39 Å². The maximum absolute atomic E-state index is 14.2. The van der Waals surface area contributed by atoms with Gasteiger partial charge in [-0.25, -0.2) is 14.2 Å². The van der Waals surface area contributed by atoms with Gasteiger partial charge in [-0.1, -0.05) is 43.4 Å². The second-order valence-electron chi connectivity index (χ2n) is 10.5. The zero-order chi connectivity index (χ0) is 27.8. The van der Waals surface area contributed by atoms with E-state index in [9.17, 15) is 14.0 Å². The van der Waals surface area contributed by atoms with E-state index >= 15 is 0 Å². The number of pyridine rings is 1. The molecule has 38 heavy (non-hydrogen) atoms. The van der Waals surface area contributed by atoms with E-state index in [4.69, 9.17) is 21.1 Å². The normalized spacial score (nSPS) is 17.2. The van der Waals surface area contributed by atoms with Gasteiger partial charge in [-0.15, -0.1) is 6.58 Å². The molecule has 1 amide bonds. The Kier molecular flexibility index (Phi) is 8.18. The summed E-state index contributed by atoms with van der Waals surface area (Å²) in [5.74, 6) is -1.69. The molecular weight excluding hydrogens is 593 g/mol. The van der Waals surface area contributed by atoms with Crippen LogP contribution in [0.3, 0.4) is 0 Å². The fraction of sp³-hybridized carbons (Fsp3) is 0.370. The highest BCUT2D eigenvalue weighted by Crippen LogP contribution is 2.45. The van der Waals surface area contributed by atoms with Crippen molar-refractivity contribution in [1.82, 2.24) is 14.5 Å². The molecule has 0 spiro atoms. The molecule has 0 unspecified atom stereocenters. The Morgan fingerprint density at radius 3 is 2.68 bits per heavy atom. The lowest BCUT2D eigenvalue weighted by molar-refractivity contribution is -0.154. The minimum Gasteiger partial charge on any atom is -0.467 e. The summed E-state index contributed by atoms with van der Waals surface area (Å²) >= 11 is 10.0. The van der Waals surface area contributed by atoms with E-state index in [1.807, 2.05) is 10.6 Å². The molecule has 0 fully saturated rings. The lowest BCUT2D eigenvalue weighted by Gasteiger charge is -2.36. The molecule has 0 bridgehead atoms. The molecule has 7 nitrogen and oxygen atoms in total. The Bertz CT molecular complexity index is 1420. The number of carbonyl (C=O) groups is 2. The smallest absolute Gasteiger partial charge is 0.336 e. The van der Waals surface area contributed by atoms with Crippen LogP contribution in [0.25, 0.3) is 11.0 Å². The van der Waals surface area contributed by atoms with E-state index < -0.39 is 31.3 Å². The first-order valence-electron chi connectivity index (χ1n) is 12.2. The SMILES string of the molecule is C=CC[C@@]1(C(=O)OC)c2ccc(F)cc2C(=O)N1Cc1cc2nc(Br)cc(Cl)c2n1COCC[Si](C)(C)C. The predicted molar refractivity (Wildman–Crippen MR) is 151 cm³/mol. The minimum atomic E-state index is -1.51. The average Bonchev–Trinajstić information content (AvgIpc) is 3.29. The van der Waals surface area contributed by atoms with Gasteiger partial charge < -0.3 is 18.9 Å². The molecule has 202 valence electrons. The van der Waals surface area contributed by atoms with Crippen molar-refractivity contribution in [2.45, 2.75) is 50.9 Å². The zero-order valence-corrected chi connectivity index (χ0v) is 25.2. The molecule has 3 aromatic rings. The Morgan fingerprint density at radius 2 is 2.03 bits per heavy atom. The Balaban J connectivity index is 1.82. The summed E-state index contributed by atoms with van der Waals surface area (Å²) in [4.78, 5) is 33.0. The number of esters is 1. The molecule has 0 saturated heterocycles. The average molecular weight is 623 g/mol. The highest BCUT2D eigenvalue weighted by atomic mass is 79.9. The highest BCUT2D eigenvalue weighted by Gasteiger charge is 2.55. The van der Waals surface area contributed by atoms with E-state index in [2.05, 4.69) is 47.1 Å². The number of fused-ring (bicyclic) bond motifs is 2. The molecule has 1 aliphatic heterocycles. The quantitative estimate of drug-likeness (QED) is 0.0848. The lowest BCUT2D eigenvalue weighted by atomic mass is 9.86. The molecule has 0 aliphatic carbocycles. The lowest BCUT2D eigenvalue weighted by Crippen LogP contribution is -2.50. The van der Waals surface area contributed by atoms with Crippen molar-refractivity contribution < 1.29 is 23.5 Å². The molecule has 2 aromatic heterocycles. The largest absolute Gasteiger partial charge is 0.467 e. The van der Waals surface area contributed by atoms with Crippen LogP contribution in [0.1, 0.15) is 28.0 Å².